The van der Waals surface area contributed by atoms with Crippen molar-refractivity contribution in [2.75, 3.05) is 6.54 Å². The van der Waals surface area contributed by atoms with E-state index in [-0.39, 0.29) is 4.90 Å². The van der Waals surface area contributed by atoms with Gasteiger partial charge in [-0.2, -0.15) is 0 Å². The Bertz CT molecular complexity index is 1120. The van der Waals surface area contributed by atoms with Crippen molar-refractivity contribution in [3.8, 4) is 11.8 Å². The van der Waals surface area contributed by atoms with Crippen LogP contribution in [0.25, 0.3) is 5.57 Å². The summed E-state index contributed by atoms with van der Waals surface area (Å²) in [5, 5.41) is 0. The van der Waals surface area contributed by atoms with Crippen molar-refractivity contribution in [1.29, 1.82) is 0 Å². The average molecular weight is 402 g/mol. The highest BCUT2D eigenvalue weighted by molar-refractivity contribution is 7.89. The Labute approximate surface area is 173 Å². The van der Waals surface area contributed by atoms with Crippen molar-refractivity contribution in [2.45, 2.75) is 18.2 Å². The molecule has 3 aromatic rings. The largest absolute Gasteiger partial charge is 0.240 e. The van der Waals surface area contributed by atoms with E-state index in [2.05, 4.69) is 16.6 Å². The maximum atomic E-state index is 12.4. The lowest BCUT2D eigenvalue weighted by Gasteiger charge is -2.06. The minimum absolute atomic E-state index is 0.277. The molecule has 3 aromatic carbocycles. The van der Waals surface area contributed by atoms with E-state index < -0.39 is 10.0 Å². The van der Waals surface area contributed by atoms with Gasteiger partial charge < -0.3 is 0 Å². The summed E-state index contributed by atoms with van der Waals surface area (Å²) in [6.45, 7) is 2.23. The molecule has 0 aliphatic carbocycles. The Balaban J connectivity index is 1.72. The molecule has 146 valence electrons. The van der Waals surface area contributed by atoms with Crippen LogP contribution in [-0.2, 0) is 10.0 Å². The monoisotopic (exact) mass is 401 g/mol. The van der Waals surface area contributed by atoms with Crippen LogP contribution < -0.4 is 4.72 Å². The molecule has 1 N–H and O–H groups in total. The number of hydrogen-bond acceptors (Lipinski definition) is 2. The normalized spacial score (nSPS) is 11.6. The molecule has 0 saturated carbocycles. The average Bonchev–Trinajstić information content (AvgIpc) is 2.75. The molecule has 29 heavy (non-hydrogen) atoms. The summed E-state index contributed by atoms with van der Waals surface area (Å²) in [4.78, 5) is 0.277. The Kier molecular flexibility index (Phi) is 7.02. The van der Waals surface area contributed by atoms with Crippen LogP contribution in [0.1, 0.15) is 23.1 Å². The predicted molar refractivity (Wildman–Crippen MR) is 119 cm³/mol. The Morgan fingerprint density at radius 2 is 1.52 bits per heavy atom. The summed E-state index contributed by atoms with van der Waals surface area (Å²) in [5.41, 5.74) is 3.85. The smallest absolute Gasteiger partial charge is 0.211 e. The van der Waals surface area contributed by atoms with E-state index in [0.717, 1.165) is 22.3 Å². The number of hydrogen-bond donors (Lipinski definition) is 1. The van der Waals surface area contributed by atoms with Gasteiger partial charge in [-0.15, -0.1) is 0 Å². The summed E-state index contributed by atoms with van der Waals surface area (Å²) < 4.78 is 27.5. The summed E-state index contributed by atoms with van der Waals surface area (Å²) in [7, 11) is -3.51. The van der Waals surface area contributed by atoms with E-state index in [1.165, 1.54) is 0 Å². The van der Waals surface area contributed by atoms with Crippen LogP contribution in [0.3, 0.4) is 0 Å². The van der Waals surface area contributed by atoms with E-state index in [0.29, 0.717) is 13.0 Å². The van der Waals surface area contributed by atoms with Gasteiger partial charge in [-0.25, -0.2) is 13.1 Å². The zero-order valence-corrected chi connectivity index (χ0v) is 17.1. The van der Waals surface area contributed by atoms with Crippen molar-refractivity contribution < 1.29 is 8.42 Å². The van der Waals surface area contributed by atoms with Gasteiger partial charge in [0.2, 0.25) is 10.0 Å². The molecule has 0 fully saturated rings. The minimum atomic E-state index is -3.51. The maximum Gasteiger partial charge on any atom is 0.240 e. The zero-order chi connectivity index (χ0) is 20.5. The van der Waals surface area contributed by atoms with Crippen molar-refractivity contribution in [1.82, 2.24) is 4.72 Å². The van der Waals surface area contributed by atoms with Crippen molar-refractivity contribution in [3.63, 3.8) is 0 Å². The SMILES string of the molecule is Cc1ccc(S(=O)(=O)NCC/C=C(\C#Cc2ccccc2)c2ccccc2)cc1. The third kappa shape index (κ3) is 6.18. The van der Waals surface area contributed by atoms with Gasteiger partial charge in [-0.05, 0) is 43.2 Å². The number of benzene rings is 3. The molecule has 0 unspecified atom stereocenters. The standard InChI is InChI=1S/C25H23NO2S/c1-21-14-18-25(19-15-21)29(27,28)26-20-8-13-24(23-11-6-3-7-12-23)17-16-22-9-4-2-5-10-22/h2-7,9-15,18-19,26H,8,20H2,1H3/b24-13+. The molecule has 0 heterocycles. The van der Waals surface area contributed by atoms with E-state index in [1.54, 1.807) is 24.3 Å². The molecule has 0 amide bonds. The van der Waals surface area contributed by atoms with Gasteiger partial charge in [0.1, 0.15) is 0 Å². The van der Waals surface area contributed by atoms with E-state index in [4.69, 9.17) is 0 Å². The van der Waals surface area contributed by atoms with Crippen LogP contribution in [0.5, 0.6) is 0 Å². The van der Waals surface area contributed by atoms with E-state index in [1.807, 2.05) is 73.7 Å². The second-order valence-electron chi connectivity index (χ2n) is 6.60. The summed E-state index contributed by atoms with van der Waals surface area (Å²) in [6, 6.07) is 26.5. The quantitative estimate of drug-likeness (QED) is 0.476. The first-order valence-corrected chi connectivity index (χ1v) is 10.9. The van der Waals surface area contributed by atoms with Gasteiger partial charge in [0.15, 0.2) is 0 Å². The Morgan fingerprint density at radius 1 is 0.897 bits per heavy atom. The number of sulfonamides is 1. The topological polar surface area (TPSA) is 46.2 Å². The molecule has 0 aliphatic rings. The van der Waals surface area contributed by atoms with Crippen LogP contribution >= 0.6 is 0 Å². The van der Waals surface area contributed by atoms with Crippen LogP contribution in [0.4, 0.5) is 0 Å². The fraction of sp³-hybridized carbons (Fsp3) is 0.120. The van der Waals surface area contributed by atoms with Gasteiger partial charge in [0.25, 0.3) is 0 Å². The van der Waals surface area contributed by atoms with E-state index in [9.17, 15) is 8.42 Å². The third-order valence-corrected chi connectivity index (χ3v) is 5.79. The number of rotatable bonds is 6. The first kappa shape index (κ1) is 20.6. The van der Waals surface area contributed by atoms with Gasteiger partial charge in [-0.3, -0.25) is 0 Å². The van der Waals surface area contributed by atoms with Gasteiger partial charge in [0, 0.05) is 17.7 Å². The van der Waals surface area contributed by atoms with E-state index >= 15 is 0 Å². The second-order valence-corrected chi connectivity index (χ2v) is 8.37. The highest BCUT2D eigenvalue weighted by Gasteiger charge is 2.12. The minimum Gasteiger partial charge on any atom is -0.211 e. The highest BCUT2D eigenvalue weighted by atomic mass is 32.2. The zero-order valence-electron chi connectivity index (χ0n) is 16.3. The summed E-state index contributed by atoms with van der Waals surface area (Å²) in [5.74, 6) is 6.40. The van der Waals surface area contributed by atoms with Crippen LogP contribution in [0, 0.1) is 18.8 Å². The lowest BCUT2D eigenvalue weighted by molar-refractivity contribution is 0.582. The second kappa shape index (κ2) is 9.88. The summed E-state index contributed by atoms with van der Waals surface area (Å²) >= 11 is 0. The molecule has 0 saturated heterocycles. The molecule has 0 aromatic heterocycles. The van der Waals surface area contributed by atoms with Crippen molar-refractivity contribution in [2.24, 2.45) is 0 Å². The van der Waals surface area contributed by atoms with Crippen LogP contribution in [-0.4, -0.2) is 15.0 Å². The highest BCUT2D eigenvalue weighted by Crippen LogP contribution is 2.15. The summed E-state index contributed by atoms with van der Waals surface area (Å²) in [6.07, 6.45) is 2.52. The molecule has 3 nitrogen and oxygen atoms in total. The van der Waals surface area contributed by atoms with Gasteiger partial charge in [-0.1, -0.05) is 84.1 Å². The van der Waals surface area contributed by atoms with Gasteiger partial charge >= 0.3 is 0 Å². The van der Waals surface area contributed by atoms with Crippen molar-refractivity contribution >= 4 is 15.6 Å². The third-order valence-electron chi connectivity index (χ3n) is 4.32. The number of allylic oxidation sites excluding steroid dienone is 1. The predicted octanol–water partition coefficient (Wildman–Crippen LogP) is 4.80. The molecule has 0 spiro atoms. The molecular formula is C25H23NO2S. The van der Waals surface area contributed by atoms with Crippen molar-refractivity contribution in [3.05, 3.63) is 108 Å². The first-order chi connectivity index (χ1) is 14.0. The van der Waals surface area contributed by atoms with Crippen LogP contribution in [0.15, 0.2) is 95.9 Å². The number of nitrogens with one attached hydrogen (secondary N) is 1. The molecule has 0 radical (unpaired) electrons. The number of aryl methyl sites for hydroxylation is 1. The van der Waals surface area contributed by atoms with Gasteiger partial charge in [0.05, 0.1) is 4.90 Å². The first-order valence-electron chi connectivity index (χ1n) is 9.43. The molecule has 0 aliphatic heterocycles. The Hall–Kier alpha value is -3.13. The molecule has 0 atom stereocenters. The maximum absolute atomic E-state index is 12.4. The lowest BCUT2D eigenvalue weighted by atomic mass is 10.0. The van der Waals surface area contributed by atoms with Crippen LogP contribution in [0.2, 0.25) is 0 Å². The molecular weight excluding hydrogens is 378 g/mol. The Morgan fingerprint density at radius 3 is 2.17 bits per heavy atom. The molecule has 4 heteroatoms. The lowest BCUT2D eigenvalue weighted by Crippen LogP contribution is -2.24. The fourth-order valence-corrected chi connectivity index (χ4v) is 3.78. The fourth-order valence-electron chi connectivity index (χ4n) is 2.73. The molecule has 0 bridgehead atoms. The molecule has 3 rings (SSSR count).